The van der Waals surface area contributed by atoms with E-state index in [0.717, 1.165) is 17.8 Å². The summed E-state index contributed by atoms with van der Waals surface area (Å²) in [7, 11) is 0. The molecule has 0 aliphatic heterocycles. The van der Waals surface area contributed by atoms with E-state index in [1.807, 2.05) is 0 Å². The van der Waals surface area contributed by atoms with Gasteiger partial charge in [0.05, 0.1) is 13.2 Å². The van der Waals surface area contributed by atoms with Gasteiger partial charge in [0.15, 0.2) is 0 Å². The molecule has 1 amide bonds. The van der Waals surface area contributed by atoms with Gasteiger partial charge < -0.3 is 5.11 Å². The van der Waals surface area contributed by atoms with Crippen molar-refractivity contribution >= 4 is 22.4 Å². The van der Waals surface area contributed by atoms with Crippen LogP contribution in [0.15, 0.2) is 0 Å². The van der Waals surface area contributed by atoms with E-state index >= 15 is 0 Å². The van der Waals surface area contributed by atoms with Gasteiger partial charge in [-0.15, -0.1) is 10.2 Å². The number of carbonyl (C=O) groups is 1. The lowest BCUT2D eigenvalue weighted by Gasteiger charge is -2.33. The Bertz CT molecular complexity index is 472. The molecule has 1 fully saturated rings. The number of carbonyl (C=O) groups excluding carboxylic acids is 1. The lowest BCUT2D eigenvalue weighted by Crippen LogP contribution is -2.43. The van der Waals surface area contributed by atoms with Gasteiger partial charge in [0.2, 0.25) is 11.0 Å². The second-order valence-electron chi connectivity index (χ2n) is 6.13. The Labute approximate surface area is 135 Å². The molecule has 0 bridgehead atoms. The highest BCUT2D eigenvalue weighted by molar-refractivity contribution is 7.15. The van der Waals surface area contributed by atoms with Gasteiger partial charge in [0.25, 0.3) is 0 Å². The van der Waals surface area contributed by atoms with Crippen LogP contribution in [0.1, 0.15) is 56.9 Å². The maximum atomic E-state index is 12.2. The lowest BCUT2D eigenvalue weighted by atomic mass is 9.94. The standard InChI is InChI=1S/C15H26N4O2S/c1-11(2)14-17-18-15(22-14)16-13(21)10-19(8-9-20)12-6-4-3-5-7-12/h11-12,20H,3-10H2,1-2H3,(H,16,18,21). The molecule has 1 saturated carbocycles. The first kappa shape index (κ1) is 17.3. The second kappa shape index (κ2) is 8.55. The number of nitrogens with zero attached hydrogens (tertiary/aromatic N) is 3. The Morgan fingerprint density at radius 3 is 2.68 bits per heavy atom. The van der Waals surface area contributed by atoms with Crippen LogP contribution >= 0.6 is 11.3 Å². The molecule has 1 aromatic rings. The predicted octanol–water partition coefficient (Wildman–Crippen LogP) is 2.23. The minimum Gasteiger partial charge on any atom is -0.395 e. The first-order valence-electron chi connectivity index (χ1n) is 8.08. The van der Waals surface area contributed by atoms with Crippen LogP contribution in [0.2, 0.25) is 0 Å². The molecule has 1 aromatic heterocycles. The normalized spacial score (nSPS) is 16.4. The fourth-order valence-corrected chi connectivity index (χ4v) is 3.59. The first-order chi connectivity index (χ1) is 10.6. The number of aliphatic hydroxyl groups excluding tert-OH is 1. The third-order valence-electron chi connectivity index (χ3n) is 4.01. The summed E-state index contributed by atoms with van der Waals surface area (Å²) in [5.74, 6) is 0.238. The molecule has 2 N–H and O–H groups in total. The van der Waals surface area contributed by atoms with Gasteiger partial charge in [0.1, 0.15) is 5.01 Å². The fourth-order valence-electron chi connectivity index (χ4n) is 2.83. The molecular weight excluding hydrogens is 300 g/mol. The molecule has 0 atom stereocenters. The molecule has 0 radical (unpaired) electrons. The summed E-state index contributed by atoms with van der Waals surface area (Å²) in [6.07, 6.45) is 5.93. The zero-order valence-electron chi connectivity index (χ0n) is 13.4. The Kier molecular flexibility index (Phi) is 6.72. The van der Waals surface area contributed by atoms with Crippen LogP contribution in [-0.2, 0) is 4.79 Å². The molecule has 6 nitrogen and oxygen atoms in total. The number of aromatic nitrogens is 2. The Balaban J connectivity index is 1.89. The van der Waals surface area contributed by atoms with Gasteiger partial charge in [-0.05, 0) is 12.8 Å². The van der Waals surface area contributed by atoms with Gasteiger partial charge >= 0.3 is 0 Å². The second-order valence-corrected chi connectivity index (χ2v) is 7.14. The third kappa shape index (κ3) is 5.00. The number of nitrogens with one attached hydrogen (secondary N) is 1. The van der Waals surface area contributed by atoms with Crippen molar-refractivity contribution in [2.24, 2.45) is 0 Å². The fraction of sp³-hybridized carbons (Fsp3) is 0.800. The van der Waals surface area contributed by atoms with Gasteiger partial charge in [-0.3, -0.25) is 15.0 Å². The average Bonchev–Trinajstić information content (AvgIpc) is 2.96. The van der Waals surface area contributed by atoms with Crippen molar-refractivity contribution in [2.75, 3.05) is 25.0 Å². The van der Waals surface area contributed by atoms with Gasteiger partial charge in [-0.2, -0.15) is 0 Å². The van der Waals surface area contributed by atoms with Crippen LogP contribution in [-0.4, -0.2) is 51.8 Å². The highest BCUT2D eigenvalue weighted by Gasteiger charge is 2.23. The minimum atomic E-state index is -0.0783. The van der Waals surface area contributed by atoms with E-state index in [-0.39, 0.29) is 12.5 Å². The maximum Gasteiger partial charge on any atom is 0.240 e. The van der Waals surface area contributed by atoms with Crippen molar-refractivity contribution in [3.05, 3.63) is 5.01 Å². The van der Waals surface area contributed by atoms with Crippen LogP contribution < -0.4 is 5.32 Å². The molecule has 22 heavy (non-hydrogen) atoms. The Morgan fingerprint density at radius 1 is 1.36 bits per heavy atom. The van der Waals surface area contributed by atoms with Crippen molar-refractivity contribution in [1.29, 1.82) is 0 Å². The molecular formula is C15H26N4O2S. The van der Waals surface area contributed by atoms with Crippen molar-refractivity contribution in [2.45, 2.75) is 57.9 Å². The van der Waals surface area contributed by atoms with E-state index in [0.29, 0.717) is 30.2 Å². The summed E-state index contributed by atoms with van der Waals surface area (Å²) >= 11 is 1.42. The van der Waals surface area contributed by atoms with E-state index < -0.39 is 0 Å². The molecule has 0 unspecified atom stereocenters. The molecule has 0 spiro atoms. The predicted molar refractivity (Wildman–Crippen MR) is 88.2 cm³/mol. The lowest BCUT2D eigenvalue weighted by molar-refractivity contribution is -0.118. The Hall–Kier alpha value is -1.05. The average molecular weight is 326 g/mol. The van der Waals surface area contributed by atoms with Crippen molar-refractivity contribution < 1.29 is 9.90 Å². The molecule has 7 heteroatoms. The van der Waals surface area contributed by atoms with Crippen LogP contribution in [0.5, 0.6) is 0 Å². The minimum absolute atomic E-state index is 0.0783. The van der Waals surface area contributed by atoms with E-state index in [4.69, 9.17) is 0 Å². The highest BCUT2D eigenvalue weighted by Crippen LogP contribution is 2.24. The quantitative estimate of drug-likeness (QED) is 0.803. The van der Waals surface area contributed by atoms with Crippen molar-refractivity contribution in [3.8, 4) is 0 Å². The van der Waals surface area contributed by atoms with Crippen molar-refractivity contribution in [1.82, 2.24) is 15.1 Å². The largest absolute Gasteiger partial charge is 0.395 e. The van der Waals surface area contributed by atoms with Gasteiger partial charge in [-0.25, -0.2) is 0 Å². The van der Waals surface area contributed by atoms with Gasteiger partial charge in [-0.1, -0.05) is 44.4 Å². The number of amides is 1. The smallest absolute Gasteiger partial charge is 0.240 e. The van der Waals surface area contributed by atoms with E-state index in [2.05, 4.69) is 34.3 Å². The van der Waals surface area contributed by atoms with Crippen LogP contribution in [0, 0.1) is 0 Å². The molecule has 1 aliphatic rings. The summed E-state index contributed by atoms with van der Waals surface area (Å²) < 4.78 is 0. The summed E-state index contributed by atoms with van der Waals surface area (Å²) in [5.41, 5.74) is 0. The van der Waals surface area contributed by atoms with Crippen molar-refractivity contribution in [3.63, 3.8) is 0 Å². The number of hydrogen-bond donors (Lipinski definition) is 2. The van der Waals surface area contributed by atoms with Crippen LogP contribution in [0.4, 0.5) is 5.13 Å². The zero-order chi connectivity index (χ0) is 15.9. The number of aliphatic hydroxyl groups is 1. The Morgan fingerprint density at radius 2 is 2.09 bits per heavy atom. The summed E-state index contributed by atoms with van der Waals surface area (Å²) in [6, 6.07) is 0.410. The van der Waals surface area contributed by atoms with Crippen LogP contribution in [0.3, 0.4) is 0 Å². The monoisotopic (exact) mass is 326 g/mol. The maximum absolute atomic E-state index is 12.2. The molecule has 0 aromatic carbocycles. The molecule has 1 heterocycles. The number of anilines is 1. The SMILES string of the molecule is CC(C)c1nnc(NC(=O)CN(CCO)C2CCCCC2)s1. The molecule has 2 rings (SSSR count). The third-order valence-corrected chi connectivity index (χ3v) is 5.15. The van der Waals surface area contributed by atoms with E-state index in [1.54, 1.807) is 0 Å². The zero-order valence-corrected chi connectivity index (χ0v) is 14.2. The summed E-state index contributed by atoms with van der Waals surface area (Å²) in [6.45, 7) is 5.05. The van der Waals surface area contributed by atoms with E-state index in [9.17, 15) is 9.90 Å². The molecule has 124 valence electrons. The topological polar surface area (TPSA) is 78.4 Å². The summed E-state index contributed by atoms with van der Waals surface area (Å²) in [4.78, 5) is 14.3. The highest BCUT2D eigenvalue weighted by atomic mass is 32.1. The molecule has 0 saturated heterocycles. The molecule has 1 aliphatic carbocycles. The summed E-state index contributed by atoms with van der Waals surface area (Å²) in [5, 5.41) is 21.6. The number of rotatable bonds is 7. The number of hydrogen-bond acceptors (Lipinski definition) is 6. The van der Waals surface area contributed by atoms with Gasteiger partial charge in [0, 0.05) is 18.5 Å². The van der Waals surface area contributed by atoms with Crippen LogP contribution in [0.25, 0.3) is 0 Å². The van der Waals surface area contributed by atoms with E-state index in [1.165, 1.54) is 30.6 Å². The first-order valence-corrected chi connectivity index (χ1v) is 8.90.